The smallest absolute Gasteiger partial charge is 0.328 e. The van der Waals surface area contributed by atoms with E-state index in [0.717, 1.165) is 30.3 Å². The van der Waals surface area contributed by atoms with Crippen LogP contribution in [0.2, 0.25) is 0 Å². The van der Waals surface area contributed by atoms with E-state index in [1.807, 2.05) is 24.3 Å². The molecule has 0 atom stereocenters. The average Bonchev–Trinajstić information content (AvgIpc) is 2.34. The molecule has 0 heterocycles. The van der Waals surface area contributed by atoms with E-state index in [1.54, 1.807) is 19.9 Å². The number of aliphatic carboxylic acids is 1. The van der Waals surface area contributed by atoms with Crippen molar-refractivity contribution < 1.29 is 15.0 Å². The summed E-state index contributed by atoms with van der Waals surface area (Å²) in [6.07, 6.45) is 2.71. The van der Waals surface area contributed by atoms with E-state index in [4.69, 9.17) is 5.11 Å². The molecule has 1 rings (SSSR count). The minimum Gasteiger partial charge on any atom is -0.478 e. The second kappa shape index (κ2) is 7.22. The van der Waals surface area contributed by atoms with Gasteiger partial charge >= 0.3 is 5.97 Å². The number of rotatable bonds is 7. The summed E-state index contributed by atoms with van der Waals surface area (Å²) >= 11 is 0. The van der Waals surface area contributed by atoms with Crippen molar-refractivity contribution in [1.29, 1.82) is 0 Å². The van der Waals surface area contributed by atoms with Crippen LogP contribution in [0.15, 0.2) is 30.3 Å². The van der Waals surface area contributed by atoms with Crippen molar-refractivity contribution >= 4 is 12.0 Å². The molecule has 0 spiro atoms. The number of nitrogens with zero attached hydrogens (tertiary/aromatic N) is 1. The van der Waals surface area contributed by atoms with Gasteiger partial charge in [-0.15, -0.1) is 0 Å². The number of aliphatic hydroxyl groups is 1. The highest BCUT2D eigenvalue weighted by molar-refractivity contribution is 5.85. The van der Waals surface area contributed by atoms with Gasteiger partial charge < -0.3 is 10.2 Å². The Hall–Kier alpha value is -1.65. The lowest BCUT2D eigenvalue weighted by molar-refractivity contribution is -0.131. The number of carboxylic acid groups (broad SMARTS) is 1. The predicted octanol–water partition coefficient (Wildman–Crippen LogP) is 2.38. The Morgan fingerprint density at radius 2 is 2.10 bits per heavy atom. The number of carboxylic acids is 1. The first-order chi connectivity index (χ1) is 9.30. The van der Waals surface area contributed by atoms with E-state index < -0.39 is 11.6 Å². The third-order valence-electron chi connectivity index (χ3n) is 2.83. The minimum absolute atomic E-state index is 0.596. The molecule has 2 N–H and O–H groups in total. The van der Waals surface area contributed by atoms with Crippen LogP contribution in [0, 0.1) is 0 Å². The van der Waals surface area contributed by atoms with Crippen LogP contribution in [0.4, 0.5) is 0 Å². The largest absolute Gasteiger partial charge is 0.478 e. The molecule has 0 aromatic heterocycles. The monoisotopic (exact) mass is 277 g/mol. The molecule has 0 amide bonds. The quantitative estimate of drug-likeness (QED) is 0.751. The molecule has 0 bridgehead atoms. The Kier molecular flexibility index (Phi) is 5.92. The first kappa shape index (κ1) is 16.4. The molecule has 1 aromatic rings. The number of likely N-dealkylation sites (N-methyl/N-ethyl adjacent to an activating group) is 1. The summed E-state index contributed by atoms with van der Waals surface area (Å²) in [5.41, 5.74) is 1.24. The summed E-state index contributed by atoms with van der Waals surface area (Å²) in [6.45, 7) is 7.82. The van der Waals surface area contributed by atoms with Crippen molar-refractivity contribution in [1.82, 2.24) is 4.90 Å². The highest BCUT2D eigenvalue weighted by atomic mass is 16.4. The van der Waals surface area contributed by atoms with Crippen LogP contribution in [0.25, 0.3) is 6.08 Å². The van der Waals surface area contributed by atoms with E-state index in [1.165, 1.54) is 0 Å². The van der Waals surface area contributed by atoms with Gasteiger partial charge in [0.15, 0.2) is 0 Å². The zero-order chi connectivity index (χ0) is 15.2. The van der Waals surface area contributed by atoms with Gasteiger partial charge in [0.2, 0.25) is 0 Å². The summed E-state index contributed by atoms with van der Waals surface area (Å²) < 4.78 is 0. The number of hydrogen-bond acceptors (Lipinski definition) is 3. The van der Waals surface area contributed by atoms with Gasteiger partial charge in [0.1, 0.15) is 0 Å². The van der Waals surface area contributed by atoms with E-state index >= 15 is 0 Å². The van der Waals surface area contributed by atoms with Gasteiger partial charge in [-0.25, -0.2) is 4.79 Å². The zero-order valence-corrected chi connectivity index (χ0v) is 12.3. The molecular formula is C16H23NO3. The Morgan fingerprint density at radius 3 is 2.65 bits per heavy atom. The number of hydrogen-bond donors (Lipinski definition) is 2. The fourth-order valence-electron chi connectivity index (χ4n) is 2.05. The van der Waals surface area contributed by atoms with Gasteiger partial charge in [0, 0.05) is 19.2 Å². The van der Waals surface area contributed by atoms with Gasteiger partial charge in [0.05, 0.1) is 5.60 Å². The lowest BCUT2D eigenvalue weighted by Crippen LogP contribution is -2.38. The van der Waals surface area contributed by atoms with Crippen molar-refractivity contribution in [3.63, 3.8) is 0 Å². The van der Waals surface area contributed by atoms with Crippen molar-refractivity contribution in [3.8, 4) is 0 Å². The number of carbonyl (C=O) groups is 1. The Balaban J connectivity index is 2.76. The molecule has 4 heteroatoms. The van der Waals surface area contributed by atoms with E-state index in [9.17, 15) is 9.90 Å². The topological polar surface area (TPSA) is 60.8 Å². The molecule has 0 aliphatic heterocycles. The molecule has 0 aliphatic rings. The maximum Gasteiger partial charge on any atom is 0.328 e. The van der Waals surface area contributed by atoms with Crippen LogP contribution in [0.3, 0.4) is 0 Å². The lowest BCUT2D eigenvalue weighted by atomic mass is 10.1. The molecular weight excluding hydrogens is 254 g/mol. The first-order valence-corrected chi connectivity index (χ1v) is 6.75. The van der Waals surface area contributed by atoms with Gasteiger partial charge in [-0.05, 0) is 37.6 Å². The standard InChI is InChI=1S/C16H23NO3/c1-4-17(12-16(2,3)20)11-14-7-5-6-13(10-14)8-9-15(18)19/h5-10,20H,4,11-12H2,1-3H3,(H,18,19). The summed E-state index contributed by atoms with van der Waals surface area (Å²) in [7, 11) is 0. The van der Waals surface area contributed by atoms with E-state index in [2.05, 4.69) is 11.8 Å². The molecule has 0 saturated heterocycles. The van der Waals surface area contributed by atoms with Crippen LogP contribution in [0.1, 0.15) is 31.9 Å². The van der Waals surface area contributed by atoms with Crippen LogP contribution in [-0.2, 0) is 11.3 Å². The van der Waals surface area contributed by atoms with Crippen molar-refractivity contribution in [2.45, 2.75) is 32.9 Å². The molecule has 0 radical (unpaired) electrons. The summed E-state index contributed by atoms with van der Waals surface area (Å²) in [4.78, 5) is 12.7. The average molecular weight is 277 g/mol. The highest BCUT2D eigenvalue weighted by Gasteiger charge is 2.17. The molecule has 1 aromatic carbocycles. The second-order valence-electron chi connectivity index (χ2n) is 5.53. The predicted molar refractivity (Wildman–Crippen MR) is 80.4 cm³/mol. The molecule has 20 heavy (non-hydrogen) atoms. The fraction of sp³-hybridized carbons (Fsp3) is 0.438. The first-order valence-electron chi connectivity index (χ1n) is 6.75. The van der Waals surface area contributed by atoms with Gasteiger partial charge in [-0.2, -0.15) is 0 Å². The minimum atomic E-state index is -0.951. The third-order valence-corrected chi connectivity index (χ3v) is 2.83. The Labute approximate surface area is 120 Å². The van der Waals surface area contributed by atoms with Crippen LogP contribution in [0.5, 0.6) is 0 Å². The van der Waals surface area contributed by atoms with Gasteiger partial charge in [0.25, 0.3) is 0 Å². The second-order valence-corrected chi connectivity index (χ2v) is 5.53. The van der Waals surface area contributed by atoms with E-state index in [0.29, 0.717) is 6.54 Å². The third kappa shape index (κ3) is 6.50. The van der Waals surface area contributed by atoms with Crippen LogP contribution < -0.4 is 0 Å². The molecule has 110 valence electrons. The summed E-state index contributed by atoms with van der Waals surface area (Å²) in [5, 5.41) is 18.5. The maximum atomic E-state index is 10.5. The fourth-order valence-corrected chi connectivity index (χ4v) is 2.05. The van der Waals surface area contributed by atoms with Crippen LogP contribution in [-0.4, -0.2) is 39.8 Å². The molecule has 4 nitrogen and oxygen atoms in total. The van der Waals surface area contributed by atoms with Gasteiger partial charge in [-0.3, -0.25) is 4.90 Å². The Bertz CT molecular complexity index is 475. The lowest BCUT2D eigenvalue weighted by Gasteiger charge is -2.28. The maximum absolute atomic E-state index is 10.5. The van der Waals surface area contributed by atoms with Crippen molar-refractivity contribution in [3.05, 3.63) is 41.5 Å². The van der Waals surface area contributed by atoms with Gasteiger partial charge in [-0.1, -0.05) is 31.2 Å². The normalized spacial score (nSPS) is 12.2. The molecule has 0 saturated carbocycles. The SMILES string of the molecule is CCN(Cc1cccc(C=CC(=O)O)c1)CC(C)(C)O. The molecule has 0 aliphatic carbocycles. The van der Waals surface area contributed by atoms with E-state index in [-0.39, 0.29) is 0 Å². The van der Waals surface area contributed by atoms with Crippen LogP contribution >= 0.6 is 0 Å². The van der Waals surface area contributed by atoms with Crippen molar-refractivity contribution in [2.75, 3.05) is 13.1 Å². The zero-order valence-electron chi connectivity index (χ0n) is 12.3. The van der Waals surface area contributed by atoms with Crippen molar-refractivity contribution in [2.24, 2.45) is 0 Å². The summed E-state index contributed by atoms with van der Waals surface area (Å²) in [6, 6.07) is 7.75. The number of benzene rings is 1. The Morgan fingerprint density at radius 1 is 1.40 bits per heavy atom. The molecule has 0 fully saturated rings. The highest BCUT2D eigenvalue weighted by Crippen LogP contribution is 2.12. The summed E-state index contributed by atoms with van der Waals surface area (Å²) in [5.74, 6) is -0.951. The molecule has 0 unspecified atom stereocenters.